The highest BCUT2D eigenvalue weighted by Gasteiger charge is 2.52. The highest BCUT2D eigenvalue weighted by atomic mass is 32.2. The van der Waals surface area contributed by atoms with Crippen LogP contribution in [0.25, 0.3) is 0 Å². The molecular weight excluding hydrogens is 314 g/mol. The summed E-state index contributed by atoms with van der Waals surface area (Å²) in [7, 11) is 0. The summed E-state index contributed by atoms with van der Waals surface area (Å²) in [6.07, 6.45) is 0.428. The smallest absolute Gasteiger partial charge is 0.326 e. The van der Waals surface area contributed by atoms with Crippen molar-refractivity contribution in [3.8, 4) is 0 Å². The van der Waals surface area contributed by atoms with Crippen molar-refractivity contribution in [1.29, 1.82) is 0 Å². The summed E-state index contributed by atoms with van der Waals surface area (Å²) in [6, 6.07) is -0.848. The van der Waals surface area contributed by atoms with Gasteiger partial charge in [-0.05, 0) is 0 Å². The third kappa shape index (κ3) is 3.15. The van der Waals surface area contributed by atoms with Crippen LogP contribution >= 0.6 is 23.5 Å². The van der Waals surface area contributed by atoms with Crippen molar-refractivity contribution in [1.82, 2.24) is 4.90 Å². The fourth-order valence-corrected chi connectivity index (χ4v) is 5.94. The number of hydrogen-bond acceptors (Lipinski definition) is 5. The number of carbonyl (C=O) groups is 3. The van der Waals surface area contributed by atoms with Gasteiger partial charge in [-0.3, -0.25) is 9.59 Å². The highest BCUT2D eigenvalue weighted by Crippen LogP contribution is 2.52. The number of hydrogen-bond donors (Lipinski definition) is 2. The molecule has 2 heterocycles. The first-order valence-electron chi connectivity index (χ1n) is 6.81. The number of carboxylic acids is 2. The minimum absolute atomic E-state index is 0.231. The molecule has 0 aromatic carbocycles. The van der Waals surface area contributed by atoms with Gasteiger partial charge in [0.1, 0.15) is 6.04 Å². The molecule has 0 aromatic heterocycles. The van der Waals surface area contributed by atoms with E-state index in [4.69, 9.17) is 5.11 Å². The van der Waals surface area contributed by atoms with Crippen LogP contribution in [0.4, 0.5) is 0 Å². The summed E-state index contributed by atoms with van der Waals surface area (Å²) in [4.78, 5) is 36.4. The molecule has 1 spiro atoms. The lowest BCUT2D eigenvalue weighted by Gasteiger charge is -2.27. The van der Waals surface area contributed by atoms with Crippen LogP contribution in [0, 0.1) is 11.8 Å². The number of carbonyl (C=O) groups excluding carboxylic acids is 1. The fourth-order valence-electron chi connectivity index (χ4n) is 2.69. The SMILES string of the molecule is CC(C(=O)O)C(C)C(=O)N1CC2(C[C@H]1C(=O)O)SCCS2. The number of aliphatic carboxylic acids is 2. The van der Waals surface area contributed by atoms with E-state index in [-0.39, 0.29) is 9.99 Å². The zero-order chi connectivity index (χ0) is 15.8. The molecule has 1 amide bonds. The minimum Gasteiger partial charge on any atom is -0.481 e. The van der Waals surface area contributed by atoms with Crippen molar-refractivity contribution in [2.75, 3.05) is 18.1 Å². The van der Waals surface area contributed by atoms with E-state index in [1.807, 2.05) is 0 Å². The number of thioether (sulfide) groups is 2. The molecule has 0 bridgehead atoms. The number of carboxylic acid groups (broad SMARTS) is 2. The largest absolute Gasteiger partial charge is 0.481 e. The quantitative estimate of drug-likeness (QED) is 0.798. The van der Waals surface area contributed by atoms with Gasteiger partial charge < -0.3 is 15.1 Å². The van der Waals surface area contributed by atoms with E-state index in [2.05, 4.69) is 0 Å². The first-order chi connectivity index (χ1) is 9.77. The Morgan fingerprint density at radius 3 is 2.19 bits per heavy atom. The van der Waals surface area contributed by atoms with Crippen LogP contribution in [0.2, 0.25) is 0 Å². The number of rotatable bonds is 4. The van der Waals surface area contributed by atoms with Crippen LogP contribution in [0.3, 0.4) is 0 Å². The van der Waals surface area contributed by atoms with Gasteiger partial charge in [0.05, 0.1) is 10.00 Å². The molecule has 0 radical (unpaired) electrons. The van der Waals surface area contributed by atoms with Gasteiger partial charge in [-0.1, -0.05) is 13.8 Å². The van der Waals surface area contributed by atoms with Crippen molar-refractivity contribution < 1.29 is 24.6 Å². The summed E-state index contributed by atoms with van der Waals surface area (Å²) >= 11 is 3.42. The molecule has 3 atom stereocenters. The summed E-state index contributed by atoms with van der Waals surface area (Å²) in [5.74, 6) is -2.06. The first kappa shape index (κ1) is 16.5. The molecule has 2 aliphatic rings. The van der Waals surface area contributed by atoms with Crippen LogP contribution in [-0.2, 0) is 14.4 Å². The Kier molecular flexibility index (Phi) is 4.77. The summed E-state index contributed by atoms with van der Waals surface area (Å²) in [5.41, 5.74) is 0. The van der Waals surface area contributed by atoms with Gasteiger partial charge in [0.15, 0.2) is 0 Å². The first-order valence-corrected chi connectivity index (χ1v) is 8.78. The molecule has 21 heavy (non-hydrogen) atoms. The number of amides is 1. The second-order valence-corrected chi connectivity index (χ2v) is 8.76. The van der Waals surface area contributed by atoms with Crippen molar-refractivity contribution in [3.63, 3.8) is 0 Å². The molecule has 6 nitrogen and oxygen atoms in total. The lowest BCUT2D eigenvalue weighted by atomic mass is 9.94. The van der Waals surface area contributed by atoms with E-state index in [0.29, 0.717) is 13.0 Å². The molecule has 118 valence electrons. The van der Waals surface area contributed by atoms with Crippen molar-refractivity contribution in [2.24, 2.45) is 11.8 Å². The van der Waals surface area contributed by atoms with E-state index >= 15 is 0 Å². The lowest BCUT2D eigenvalue weighted by Crippen LogP contribution is -2.45. The summed E-state index contributed by atoms with van der Waals surface area (Å²) in [5, 5.41) is 18.4. The van der Waals surface area contributed by atoms with Gasteiger partial charge in [-0.2, -0.15) is 0 Å². The van der Waals surface area contributed by atoms with Crippen LogP contribution in [-0.4, -0.2) is 61.1 Å². The van der Waals surface area contributed by atoms with E-state index in [1.54, 1.807) is 30.4 Å². The standard InChI is InChI=1S/C13H19NO5S2/c1-7(8(2)11(16)17)10(15)14-6-13(20-3-4-21-13)5-9(14)12(18)19/h7-9H,3-6H2,1-2H3,(H,16,17)(H,18,19)/t7?,8?,9-/m0/s1. The van der Waals surface area contributed by atoms with Crippen molar-refractivity contribution in [2.45, 2.75) is 30.4 Å². The maximum absolute atomic E-state index is 12.5. The molecule has 2 N–H and O–H groups in total. The second kappa shape index (κ2) is 6.08. The average Bonchev–Trinajstić information content (AvgIpc) is 3.04. The van der Waals surface area contributed by atoms with Crippen LogP contribution in [0.5, 0.6) is 0 Å². The zero-order valence-electron chi connectivity index (χ0n) is 11.9. The third-order valence-electron chi connectivity index (χ3n) is 4.20. The van der Waals surface area contributed by atoms with E-state index < -0.39 is 29.8 Å². The van der Waals surface area contributed by atoms with Crippen LogP contribution < -0.4 is 0 Å². The molecular formula is C13H19NO5S2. The second-order valence-electron chi connectivity index (χ2n) is 5.55. The van der Waals surface area contributed by atoms with Gasteiger partial charge in [-0.15, -0.1) is 23.5 Å². The number of nitrogens with zero attached hydrogens (tertiary/aromatic N) is 1. The maximum Gasteiger partial charge on any atom is 0.326 e. The average molecular weight is 333 g/mol. The zero-order valence-corrected chi connectivity index (χ0v) is 13.6. The van der Waals surface area contributed by atoms with E-state index in [9.17, 15) is 19.5 Å². The summed E-state index contributed by atoms with van der Waals surface area (Å²) < 4.78 is -0.231. The van der Waals surface area contributed by atoms with Gasteiger partial charge in [0.2, 0.25) is 5.91 Å². The maximum atomic E-state index is 12.5. The molecule has 2 unspecified atom stereocenters. The normalized spacial score (nSPS) is 26.8. The van der Waals surface area contributed by atoms with Crippen molar-refractivity contribution >= 4 is 41.4 Å². The van der Waals surface area contributed by atoms with E-state index in [1.165, 1.54) is 11.8 Å². The summed E-state index contributed by atoms with van der Waals surface area (Å²) in [6.45, 7) is 3.42. The molecule has 0 aliphatic carbocycles. The van der Waals surface area contributed by atoms with Gasteiger partial charge in [0.25, 0.3) is 0 Å². The Morgan fingerprint density at radius 2 is 1.71 bits per heavy atom. The topological polar surface area (TPSA) is 94.9 Å². The molecule has 2 aliphatic heterocycles. The van der Waals surface area contributed by atoms with E-state index in [0.717, 1.165) is 11.5 Å². The van der Waals surface area contributed by atoms with Gasteiger partial charge >= 0.3 is 11.9 Å². The fraction of sp³-hybridized carbons (Fsp3) is 0.769. The predicted octanol–water partition coefficient (Wildman–Crippen LogP) is 1.21. The minimum atomic E-state index is -1.04. The number of likely N-dealkylation sites (tertiary alicyclic amines) is 1. The molecule has 0 saturated carbocycles. The third-order valence-corrected chi connectivity index (χ3v) is 7.63. The molecule has 2 saturated heterocycles. The predicted molar refractivity (Wildman–Crippen MR) is 81.4 cm³/mol. The molecule has 2 rings (SSSR count). The molecule has 0 aromatic rings. The molecule has 2 fully saturated rings. The monoisotopic (exact) mass is 333 g/mol. The van der Waals surface area contributed by atoms with Crippen molar-refractivity contribution in [3.05, 3.63) is 0 Å². The highest BCUT2D eigenvalue weighted by molar-refractivity contribution is 8.21. The van der Waals surface area contributed by atoms with Gasteiger partial charge in [0, 0.05) is 30.4 Å². The Labute approximate surface area is 131 Å². The lowest BCUT2D eigenvalue weighted by molar-refractivity contribution is -0.153. The van der Waals surface area contributed by atoms with Crippen LogP contribution in [0.15, 0.2) is 0 Å². The van der Waals surface area contributed by atoms with Crippen LogP contribution in [0.1, 0.15) is 20.3 Å². The Morgan fingerprint density at radius 1 is 1.14 bits per heavy atom. The Hall–Kier alpha value is -0.890. The Balaban J connectivity index is 2.17. The Bertz CT molecular complexity index is 463. The molecule has 8 heteroatoms. The van der Waals surface area contributed by atoms with Gasteiger partial charge in [-0.25, -0.2) is 4.79 Å².